The Bertz CT molecular complexity index is 1140. The zero-order chi connectivity index (χ0) is 24.8. The van der Waals surface area contributed by atoms with Crippen LogP contribution in [0.3, 0.4) is 0 Å². The van der Waals surface area contributed by atoms with Crippen LogP contribution in [-0.4, -0.2) is 58.5 Å². The predicted molar refractivity (Wildman–Crippen MR) is 124 cm³/mol. The summed E-state index contributed by atoms with van der Waals surface area (Å²) in [6, 6.07) is 8.91. The van der Waals surface area contributed by atoms with Crippen molar-refractivity contribution in [3.8, 4) is 11.5 Å². The van der Waals surface area contributed by atoms with Crippen LogP contribution in [0.2, 0.25) is 0 Å². The van der Waals surface area contributed by atoms with Crippen molar-refractivity contribution in [1.29, 1.82) is 0 Å². The molecular weight excluding hydrogens is 448 g/mol. The van der Waals surface area contributed by atoms with E-state index in [0.717, 1.165) is 4.31 Å². The number of ether oxygens (including phenoxy) is 3. The third-order valence-corrected chi connectivity index (χ3v) is 6.47. The summed E-state index contributed by atoms with van der Waals surface area (Å²) >= 11 is 0. The summed E-state index contributed by atoms with van der Waals surface area (Å²) in [6.45, 7) is 6.99. The minimum atomic E-state index is -3.67. The first-order chi connectivity index (χ1) is 15.5. The molecule has 2 aromatic rings. The van der Waals surface area contributed by atoms with Gasteiger partial charge in [0.2, 0.25) is 10.0 Å². The fourth-order valence-corrected chi connectivity index (χ4v) is 3.61. The van der Waals surface area contributed by atoms with Crippen molar-refractivity contribution in [1.82, 2.24) is 4.31 Å². The van der Waals surface area contributed by atoms with Gasteiger partial charge < -0.3 is 19.5 Å². The molecule has 0 aliphatic rings. The van der Waals surface area contributed by atoms with Gasteiger partial charge in [-0.1, -0.05) is 18.7 Å². The molecule has 1 amide bonds. The highest BCUT2D eigenvalue weighted by Gasteiger charge is 2.23. The molecule has 2 rings (SSSR count). The lowest BCUT2D eigenvalue weighted by Crippen LogP contribution is -2.30. The summed E-state index contributed by atoms with van der Waals surface area (Å²) in [5.41, 5.74) is 1.13. The second-order valence-corrected chi connectivity index (χ2v) is 9.42. The van der Waals surface area contributed by atoms with Gasteiger partial charge in [-0.3, -0.25) is 4.79 Å². The molecular formula is C23H28N2O7S. The van der Waals surface area contributed by atoms with E-state index in [4.69, 9.17) is 14.2 Å². The van der Waals surface area contributed by atoms with Gasteiger partial charge in [0.05, 0.1) is 17.6 Å². The van der Waals surface area contributed by atoms with E-state index in [9.17, 15) is 18.0 Å². The lowest BCUT2D eigenvalue weighted by molar-refractivity contribution is -0.123. The number of nitrogens with one attached hydrogen (secondary N) is 1. The summed E-state index contributed by atoms with van der Waals surface area (Å²) in [7, 11) is 0.602. The number of aryl methyl sites for hydroxylation is 1. The second kappa shape index (κ2) is 11.0. The molecule has 1 N–H and O–H groups in total. The zero-order valence-corrected chi connectivity index (χ0v) is 20.1. The first-order valence-electron chi connectivity index (χ1n) is 9.98. The Kier molecular flexibility index (Phi) is 8.61. The molecule has 0 saturated heterocycles. The Morgan fingerprint density at radius 2 is 1.85 bits per heavy atom. The lowest BCUT2D eigenvalue weighted by Gasteiger charge is -2.17. The Morgan fingerprint density at radius 3 is 2.45 bits per heavy atom. The molecule has 0 bridgehead atoms. The van der Waals surface area contributed by atoms with Crippen LogP contribution >= 0.6 is 0 Å². The van der Waals surface area contributed by atoms with E-state index in [0.29, 0.717) is 22.7 Å². The van der Waals surface area contributed by atoms with E-state index >= 15 is 0 Å². The fraction of sp³-hybridized carbons (Fsp3) is 0.304. The van der Waals surface area contributed by atoms with E-state index in [2.05, 4.69) is 11.9 Å². The van der Waals surface area contributed by atoms with E-state index in [1.165, 1.54) is 52.4 Å². The number of rotatable bonds is 10. The number of anilines is 1. The van der Waals surface area contributed by atoms with Crippen molar-refractivity contribution < 1.29 is 32.2 Å². The number of esters is 1. The molecule has 0 heterocycles. The lowest BCUT2D eigenvalue weighted by atomic mass is 10.2. The van der Waals surface area contributed by atoms with E-state index < -0.39 is 28.0 Å². The average molecular weight is 477 g/mol. The van der Waals surface area contributed by atoms with Gasteiger partial charge in [0.15, 0.2) is 17.6 Å². The first kappa shape index (κ1) is 25.9. The highest BCUT2D eigenvalue weighted by atomic mass is 32.2. The SMILES string of the molecule is C=CCOc1ccc(C(=O)OC(C)C(=O)Nc2cc(S(=O)(=O)N(C)C)ccc2C)cc1OC. The van der Waals surface area contributed by atoms with Gasteiger partial charge in [-0.2, -0.15) is 0 Å². The molecule has 0 saturated carbocycles. The molecule has 0 spiro atoms. The average Bonchev–Trinajstić information content (AvgIpc) is 2.78. The van der Waals surface area contributed by atoms with E-state index in [-0.39, 0.29) is 17.1 Å². The van der Waals surface area contributed by atoms with Gasteiger partial charge in [-0.25, -0.2) is 17.5 Å². The Hall–Kier alpha value is -3.37. The summed E-state index contributed by atoms with van der Waals surface area (Å²) in [4.78, 5) is 25.2. The van der Waals surface area contributed by atoms with Crippen LogP contribution < -0.4 is 14.8 Å². The van der Waals surface area contributed by atoms with Crippen molar-refractivity contribution in [2.75, 3.05) is 33.1 Å². The van der Waals surface area contributed by atoms with Crippen LogP contribution in [0.25, 0.3) is 0 Å². The summed E-state index contributed by atoms with van der Waals surface area (Å²) in [5.74, 6) is -0.573. The monoisotopic (exact) mass is 476 g/mol. The van der Waals surface area contributed by atoms with Gasteiger partial charge >= 0.3 is 5.97 Å². The minimum Gasteiger partial charge on any atom is -0.493 e. The maximum Gasteiger partial charge on any atom is 0.339 e. The van der Waals surface area contributed by atoms with Crippen molar-refractivity contribution in [2.24, 2.45) is 0 Å². The smallest absolute Gasteiger partial charge is 0.339 e. The molecule has 0 aromatic heterocycles. The van der Waals surface area contributed by atoms with Gasteiger partial charge in [-0.05, 0) is 49.7 Å². The van der Waals surface area contributed by atoms with Crippen LogP contribution in [0.4, 0.5) is 5.69 Å². The molecule has 0 aliphatic heterocycles. The third-order valence-electron chi connectivity index (χ3n) is 4.65. The number of amides is 1. The molecule has 33 heavy (non-hydrogen) atoms. The van der Waals surface area contributed by atoms with Crippen molar-refractivity contribution in [2.45, 2.75) is 24.8 Å². The van der Waals surface area contributed by atoms with Crippen LogP contribution in [0.1, 0.15) is 22.8 Å². The maximum absolute atomic E-state index is 12.6. The number of benzene rings is 2. The highest BCUT2D eigenvalue weighted by molar-refractivity contribution is 7.89. The molecule has 1 unspecified atom stereocenters. The summed E-state index contributed by atoms with van der Waals surface area (Å²) in [6.07, 6.45) is 0.434. The number of hydrogen-bond acceptors (Lipinski definition) is 7. The Balaban J connectivity index is 2.14. The van der Waals surface area contributed by atoms with Crippen LogP contribution in [0.5, 0.6) is 11.5 Å². The number of sulfonamides is 1. The largest absolute Gasteiger partial charge is 0.493 e. The standard InChI is InChI=1S/C23H28N2O7S/c1-7-12-31-20-11-9-17(13-21(20)30-6)23(27)32-16(3)22(26)24-19-14-18(10-8-15(19)2)33(28,29)25(4)5/h7-11,13-14,16H,1,12H2,2-6H3,(H,24,26). The van der Waals surface area contributed by atoms with Crippen molar-refractivity contribution >= 4 is 27.6 Å². The Morgan fingerprint density at radius 1 is 1.15 bits per heavy atom. The van der Waals surface area contributed by atoms with Gasteiger partial charge in [0.25, 0.3) is 5.91 Å². The minimum absolute atomic E-state index is 0.0314. The molecule has 1 atom stereocenters. The van der Waals surface area contributed by atoms with Crippen molar-refractivity contribution in [3.63, 3.8) is 0 Å². The second-order valence-electron chi connectivity index (χ2n) is 7.27. The molecule has 0 fully saturated rings. The fourth-order valence-electron chi connectivity index (χ4n) is 2.69. The van der Waals surface area contributed by atoms with Crippen LogP contribution in [0.15, 0.2) is 53.9 Å². The van der Waals surface area contributed by atoms with E-state index in [1.807, 2.05) is 0 Å². The normalized spacial score (nSPS) is 12.1. The number of nitrogens with zero attached hydrogens (tertiary/aromatic N) is 1. The number of carbonyl (C=O) groups excluding carboxylic acids is 2. The highest BCUT2D eigenvalue weighted by Crippen LogP contribution is 2.28. The number of methoxy groups -OCH3 is 1. The summed E-state index contributed by atoms with van der Waals surface area (Å²) < 4.78 is 41.8. The maximum atomic E-state index is 12.6. The molecule has 0 aliphatic carbocycles. The molecule has 9 nitrogen and oxygen atoms in total. The Labute approximate surface area is 194 Å². The van der Waals surface area contributed by atoms with Crippen LogP contribution in [0, 0.1) is 6.92 Å². The zero-order valence-electron chi connectivity index (χ0n) is 19.2. The summed E-state index contributed by atoms with van der Waals surface area (Å²) in [5, 5.41) is 2.62. The first-order valence-corrected chi connectivity index (χ1v) is 11.4. The van der Waals surface area contributed by atoms with Gasteiger partial charge in [-0.15, -0.1) is 0 Å². The molecule has 10 heteroatoms. The van der Waals surface area contributed by atoms with Crippen LogP contribution in [-0.2, 0) is 19.6 Å². The molecule has 178 valence electrons. The van der Waals surface area contributed by atoms with Crippen molar-refractivity contribution in [3.05, 3.63) is 60.2 Å². The topological polar surface area (TPSA) is 111 Å². The quantitative estimate of drug-likeness (QED) is 0.414. The number of hydrogen-bond donors (Lipinski definition) is 1. The predicted octanol–water partition coefficient (Wildman–Crippen LogP) is 3.00. The van der Waals surface area contributed by atoms with E-state index in [1.54, 1.807) is 25.1 Å². The molecule has 2 aromatic carbocycles. The third kappa shape index (κ3) is 6.33. The molecule has 0 radical (unpaired) electrons. The number of carbonyl (C=O) groups is 2. The van der Waals surface area contributed by atoms with Gasteiger partial charge in [0, 0.05) is 19.8 Å². The van der Waals surface area contributed by atoms with Gasteiger partial charge in [0.1, 0.15) is 6.61 Å².